The molecule has 4 heteroatoms. The summed E-state index contributed by atoms with van der Waals surface area (Å²) in [5, 5.41) is 7.93. The molecule has 0 aromatic carbocycles. The van der Waals surface area contributed by atoms with E-state index in [1.807, 2.05) is 0 Å². The van der Waals surface area contributed by atoms with Gasteiger partial charge in [0, 0.05) is 0 Å². The Hall–Kier alpha value is -1.24. The van der Waals surface area contributed by atoms with Crippen LogP contribution in [0.4, 0.5) is 0 Å². The topological polar surface area (TPSA) is 59.3 Å². The van der Waals surface area contributed by atoms with Gasteiger partial charge in [0.05, 0.1) is 0 Å². The van der Waals surface area contributed by atoms with Crippen LogP contribution < -0.4 is 0 Å². The molecular weight excluding hydrogens is 146 g/mol. The van der Waals surface area contributed by atoms with Crippen molar-refractivity contribution in [1.29, 1.82) is 5.26 Å². The highest BCUT2D eigenvalue weighted by Gasteiger charge is 2.15. The van der Waals surface area contributed by atoms with Crippen molar-refractivity contribution < 1.29 is 14.3 Å². The van der Waals surface area contributed by atoms with Crippen molar-refractivity contribution in [3.63, 3.8) is 0 Å². The zero-order valence-corrected chi connectivity index (χ0v) is 6.88. The average molecular weight is 157 g/mol. The molecule has 0 rings (SSSR count). The molecule has 0 spiro atoms. The Morgan fingerprint density at radius 3 is 2.45 bits per heavy atom. The normalized spacial score (nSPS) is 10.0. The highest BCUT2D eigenvalue weighted by atomic mass is 16.6. The molecule has 0 aromatic rings. The van der Waals surface area contributed by atoms with Crippen molar-refractivity contribution in [3.05, 3.63) is 0 Å². The quantitative estimate of drug-likeness (QED) is 0.440. The Morgan fingerprint density at radius 2 is 2.09 bits per heavy atom. The van der Waals surface area contributed by atoms with Gasteiger partial charge in [0.25, 0.3) is 6.26 Å². The SMILES string of the molecule is CC(C)(C)OC(=O)COC#N. The van der Waals surface area contributed by atoms with E-state index in [1.165, 1.54) is 6.26 Å². The van der Waals surface area contributed by atoms with Gasteiger partial charge in [0.1, 0.15) is 5.60 Å². The molecule has 0 aliphatic rings. The van der Waals surface area contributed by atoms with Crippen LogP contribution in [-0.2, 0) is 14.3 Å². The molecule has 0 radical (unpaired) electrons. The number of hydrogen-bond donors (Lipinski definition) is 0. The first-order valence-electron chi connectivity index (χ1n) is 3.18. The summed E-state index contributed by atoms with van der Waals surface area (Å²) in [7, 11) is 0. The molecule has 0 fully saturated rings. The van der Waals surface area contributed by atoms with E-state index >= 15 is 0 Å². The number of hydrogen-bond acceptors (Lipinski definition) is 4. The molecule has 0 unspecified atom stereocenters. The molecule has 0 amide bonds. The van der Waals surface area contributed by atoms with Crippen molar-refractivity contribution >= 4 is 5.97 Å². The third kappa shape index (κ3) is 6.65. The molecule has 0 aromatic heterocycles. The van der Waals surface area contributed by atoms with Gasteiger partial charge in [-0.15, -0.1) is 0 Å². The molecule has 0 N–H and O–H groups in total. The molecule has 4 nitrogen and oxygen atoms in total. The van der Waals surface area contributed by atoms with E-state index in [2.05, 4.69) is 4.74 Å². The van der Waals surface area contributed by atoms with Gasteiger partial charge in [-0.3, -0.25) is 0 Å². The Kier molecular flexibility index (Phi) is 3.38. The first-order chi connectivity index (χ1) is 4.95. The third-order valence-corrected chi connectivity index (χ3v) is 0.675. The van der Waals surface area contributed by atoms with Crippen molar-refractivity contribution in [3.8, 4) is 6.26 Å². The number of carbonyl (C=O) groups excluding carboxylic acids is 1. The lowest BCUT2D eigenvalue weighted by atomic mass is 10.2. The lowest BCUT2D eigenvalue weighted by Gasteiger charge is -2.18. The molecule has 0 bridgehead atoms. The maximum atomic E-state index is 10.7. The fourth-order valence-corrected chi connectivity index (χ4v) is 0.462. The molecule has 0 saturated heterocycles. The van der Waals surface area contributed by atoms with E-state index in [9.17, 15) is 4.79 Å². The number of rotatable bonds is 2. The van der Waals surface area contributed by atoms with Crippen molar-refractivity contribution in [2.45, 2.75) is 26.4 Å². The van der Waals surface area contributed by atoms with E-state index in [1.54, 1.807) is 20.8 Å². The van der Waals surface area contributed by atoms with Gasteiger partial charge in [-0.25, -0.2) is 4.79 Å². The smallest absolute Gasteiger partial charge is 0.345 e. The number of ether oxygens (including phenoxy) is 2. The second-order valence-corrected chi connectivity index (χ2v) is 2.97. The fraction of sp³-hybridized carbons (Fsp3) is 0.714. The van der Waals surface area contributed by atoms with Crippen LogP contribution >= 0.6 is 0 Å². The van der Waals surface area contributed by atoms with E-state index < -0.39 is 11.6 Å². The van der Waals surface area contributed by atoms with Crippen molar-refractivity contribution in [2.75, 3.05) is 6.61 Å². The number of carbonyl (C=O) groups is 1. The highest BCUT2D eigenvalue weighted by Crippen LogP contribution is 2.06. The minimum atomic E-state index is -0.529. The minimum absolute atomic E-state index is 0.312. The van der Waals surface area contributed by atoms with E-state index in [4.69, 9.17) is 10.00 Å². The summed E-state index contributed by atoms with van der Waals surface area (Å²) in [5.74, 6) is -0.529. The third-order valence-electron chi connectivity index (χ3n) is 0.675. The molecule has 0 aliphatic heterocycles. The second kappa shape index (κ2) is 3.81. The Morgan fingerprint density at radius 1 is 1.55 bits per heavy atom. The van der Waals surface area contributed by atoms with Crippen LogP contribution in [0.25, 0.3) is 0 Å². The van der Waals surface area contributed by atoms with Crippen LogP contribution in [0.2, 0.25) is 0 Å². The van der Waals surface area contributed by atoms with Gasteiger partial charge in [0.2, 0.25) is 0 Å². The number of esters is 1. The van der Waals surface area contributed by atoms with Crippen molar-refractivity contribution in [1.82, 2.24) is 0 Å². The number of nitriles is 1. The molecule has 0 atom stereocenters. The van der Waals surface area contributed by atoms with Gasteiger partial charge in [-0.1, -0.05) is 0 Å². The van der Waals surface area contributed by atoms with Crippen LogP contribution in [0.15, 0.2) is 0 Å². The van der Waals surface area contributed by atoms with E-state index in [-0.39, 0.29) is 6.61 Å². The molecule has 0 aliphatic carbocycles. The average Bonchev–Trinajstić information content (AvgIpc) is 1.79. The van der Waals surface area contributed by atoms with Gasteiger partial charge in [-0.05, 0) is 20.8 Å². The van der Waals surface area contributed by atoms with Crippen LogP contribution in [0, 0.1) is 11.5 Å². The molecule has 11 heavy (non-hydrogen) atoms. The summed E-state index contributed by atoms with van der Waals surface area (Å²) in [5.41, 5.74) is -0.518. The van der Waals surface area contributed by atoms with Gasteiger partial charge < -0.3 is 9.47 Å². The maximum absolute atomic E-state index is 10.7. The van der Waals surface area contributed by atoms with E-state index in [0.717, 1.165) is 0 Å². The fourth-order valence-electron chi connectivity index (χ4n) is 0.462. The predicted octanol–water partition coefficient (Wildman–Crippen LogP) is 0.826. The summed E-state index contributed by atoms with van der Waals surface area (Å²) < 4.78 is 9.00. The highest BCUT2D eigenvalue weighted by molar-refractivity contribution is 5.71. The van der Waals surface area contributed by atoms with Gasteiger partial charge >= 0.3 is 5.97 Å². The lowest BCUT2D eigenvalue weighted by Crippen LogP contribution is -2.26. The summed E-state index contributed by atoms with van der Waals surface area (Å²) in [4.78, 5) is 10.7. The number of nitrogens with zero attached hydrogens (tertiary/aromatic N) is 1. The van der Waals surface area contributed by atoms with Crippen LogP contribution in [0.1, 0.15) is 20.8 Å². The van der Waals surface area contributed by atoms with Crippen LogP contribution in [0.3, 0.4) is 0 Å². The Balaban J connectivity index is 3.64. The summed E-state index contributed by atoms with van der Waals surface area (Å²) in [6.07, 6.45) is 1.38. The van der Waals surface area contributed by atoms with Crippen molar-refractivity contribution in [2.24, 2.45) is 0 Å². The zero-order chi connectivity index (χ0) is 8.91. The van der Waals surface area contributed by atoms with Crippen LogP contribution in [-0.4, -0.2) is 18.2 Å². The monoisotopic (exact) mass is 157 g/mol. The van der Waals surface area contributed by atoms with E-state index in [0.29, 0.717) is 0 Å². The van der Waals surface area contributed by atoms with Crippen LogP contribution in [0.5, 0.6) is 0 Å². The standard InChI is InChI=1S/C7H11NO3/c1-7(2,3)11-6(9)4-10-5-8/h4H2,1-3H3. The summed E-state index contributed by atoms with van der Waals surface area (Å²) in [6.45, 7) is 4.93. The molecule has 62 valence electrons. The zero-order valence-electron chi connectivity index (χ0n) is 6.88. The largest absolute Gasteiger partial charge is 0.457 e. The predicted molar refractivity (Wildman–Crippen MR) is 37.4 cm³/mol. The first kappa shape index (κ1) is 9.76. The second-order valence-electron chi connectivity index (χ2n) is 2.97. The summed E-state index contributed by atoms with van der Waals surface area (Å²) in [6, 6.07) is 0. The van der Waals surface area contributed by atoms with Gasteiger partial charge in [0.15, 0.2) is 6.61 Å². The molecule has 0 saturated carbocycles. The maximum Gasteiger partial charge on any atom is 0.345 e. The summed E-state index contributed by atoms with van der Waals surface area (Å²) >= 11 is 0. The van der Waals surface area contributed by atoms with Gasteiger partial charge in [-0.2, -0.15) is 5.26 Å². The lowest BCUT2D eigenvalue weighted by molar-refractivity contribution is -0.158. The first-order valence-corrected chi connectivity index (χ1v) is 3.18. The Labute approximate surface area is 65.7 Å². The molecular formula is C7H11NO3. The molecule has 0 heterocycles. The Bertz CT molecular complexity index is 175. The minimum Gasteiger partial charge on any atom is -0.457 e.